The van der Waals surface area contributed by atoms with E-state index in [4.69, 9.17) is 16.3 Å². The molecule has 1 N–H and O–H groups in total. The zero-order valence-corrected chi connectivity index (χ0v) is 11.6. The molecule has 0 fully saturated rings. The Bertz CT molecular complexity index is 457. The number of amides is 1. The van der Waals surface area contributed by atoms with Crippen molar-refractivity contribution < 1.29 is 9.53 Å². The molecule has 2 rings (SSSR count). The van der Waals surface area contributed by atoms with E-state index >= 15 is 0 Å². The van der Waals surface area contributed by atoms with Crippen LogP contribution in [-0.2, 0) is 4.79 Å². The summed E-state index contributed by atoms with van der Waals surface area (Å²) in [4.78, 5) is 12.3. The van der Waals surface area contributed by atoms with Gasteiger partial charge < -0.3 is 10.1 Å². The largest absolute Gasteiger partial charge is 0.492 e. The van der Waals surface area contributed by atoms with Gasteiger partial charge in [0.15, 0.2) is 0 Å². The van der Waals surface area contributed by atoms with Gasteiger partial charge in [-0.05, 0) is 26.8 Å². The lowest BCUT2D eigenvalue weighted by Gasteiger charge is -2.30. The Kier molecular flexibility index (Phi) is 3.53. The predicted molar refractivity (Wildman–Crippen MR) is 72.2 cm³/mol. The van der Waals surface area contributed by atoms with Crippen LogP contribution in [0, 0.1) is 0 Å². The number of para-hydroxylation sites is 1. The number of fused-ring (bicyclic) bond motifs is 1. The van der Waals surface area contributed by atoms with E-state index in [0.717, 1.165) is 11.3 Å². The van der Waals surface area contributed by atoms with Gasteiger partial charge in [-0.3, -0.25) is 4.79 Å². The van der Waals surface area contributed by atoms with E-state index in [0.29, 0.717) is 6.61 Å². The van der Waals surface area contributed by atoms with Crippen molar-refractivity contribution in [2.75, 3.05) is 6.61 Å². The molecule has 0 saturated carbocycles. The number of nitrogens with one attached hydrogen (secondary N) is 1. The Morgan fingerprint density at radius 3 is 2.83 bits per heavy atom. The Labute approximate surface area is 112 Å². The second-order valence-electron chi connectivity index (χ2n) is 5.23. The molecule has 1 aromatic rings. The summed E-state index contributed by atoms with van der Waals surface area (Å²) in [5, 5.41) is 2.85. The van der Waals surface area contributed by atoms with Gasteiger partial charge in [-0.25, -0.2) is 0 Å². The second kappa shape index (κ2) is 4.81. The Balaban J connectivity index is 2.13. The molecule has 0 bridgehead atoms. The third kappa shape index (κ3) is 2.46. The van der Waals surface area contributed by atoms with Crippen LogP contribution in [0.5, 0.6) is 5.75 Å². The minimum absolute atomic E-state index is 0.0301. The first-order chi connectivity index (χ1) is 8.42. The number of halogens is 1. The molecule has 1 amide bonds. The SMILES string of the molecule is CC(Cl)C(C)(C)NC(=O)C1COc2ccccc21. The van der Waals surface area contributed by atoms with Crippen LogP contribution in [0.1, 0.15) is 32.3 Å². The average Bonchev–Trinajstić information content (AvgIpc) is 2.71. The van der Waals surface area contributed by atoms with Crippen molar-refractivity contribution in [3.63, 3.8) is 0 Å². The first-order valence-corrected chi connectivity index (χ1v) is 6.53. The van der Waals surface area contributed by atoms with E-state index in [1.54, 1.807) is 0 Å². The summed E-state index contributed by atoms with van der Waals surface area (Å²) in [5.41, 5.74) is 0.518. The molecule has 1 aliphatic heterocycles. The third-order valence-corrected chi connectivity index (χ3v) is 4.00. The molecular formula is C14H18ClNO2. The van der Waals surface area contributed by atoms with Gasteiger partial charge >= 0.3 is 0 Å². The van der Waals surface area contributed by atoms with E-state index in [9.17, 15) is 4.79 Å². The van der Waals surface area contributed by atoms with Gasteiger partial charge in [0.05, 0.1) is 10.9 Å². The highest BCUT2D eigenvalue weighted by Crippen LogP contribution is 2.34. The number of hydrogen-bond donors (Lipinski definition) is 1. The van der Waals surface area contributed by atoms with Gasteiger partial charge in [-0.2, -0.15) is 0 Å². The number of carbonyl (C=O) groups is 1. The van der Waals surface area contributed by atoms with Gasteiger partial charge in [-0.15, -0.1) is 11.6 Å². The summed E-state index contributed by atoms with van der Waals surface area (Å²) in [5.74, 6) is 0.530. The lowest BCUT2D eigenvalue weighted by Crippen LogP contribution is -2.50. The molecule has 0 spiro atoms. The van der Waals surface area contributed by atoms with Crippen LogP contribution in [0.25, 0.3) is 0 Å². The number of rotatable bonds is 3. The van der Waals surface area contributed by atoms with Gasteiger partial charge in [0.2, 0.25) is 5.91 Å². The molecule has 2 atom stereocenters. The van der Waals surface area contributed by atoms with Crippen molar-refractivity contribution in [2.45, 2.75) is 37.6 Å². The molecule has 1 heterocycles. The van der Waals surface area contributed by atoms with E-state index < -0.39 is 5.54 Å². The molecule has 0 radical (unpaired) electrons. The van der Waals surface area contributed by atoms with Crippen molar-refractivity contribution in [3.05, 3.63) is 29.8 Å². The lowest BCUT2D eigenvalue weighted by molar-refractivity contribution is -0.124. The normalized spacial score (nSPS) is 19.9. The monoisotopic (exact) mass is 267 g/mol. The van der Waals surface area contributed by atoms with Crippen LogP contribution in [0.4, 0.5) is 0 Å². The molecule has 2 unspecified atom stereocenters. The number of hydrogen-bond acceptors (Lipinski definition) is 2. The first kappa shape index (κ1) is 13.2. The standard InChI is InChI=1S/C14H18ClNO2/c1-9(15)14(2,3)16-13(17)11-8-18-12-7-5-4-6-10(11)12/h4-7,9,11H,8H2,1-3H3,(H,16,17). The summed E-state index contributed by atoms with van der Waals surface area (Å²) >= 11 is 6.07. The molecule has 0 saturated heterocycles. The smallest absolute Gasteiger partial charge is 0.231 e. The molecule has 3 nitrogen and oxygen atoms in total. The maximum absolute atomic E-state index is 12.3. The average molecular weight is 268 g/mol. The van der Waals surface area contributed by atoms with E-state index in [2.05, 4.69) is 5.32 Å². The molecule has 0 aliphatic carbocycles. The van der Waals surface area contributed by atoms with Crippen molar-refractivity contribution in [1.82, 2.24) is 5.32 Å². The van der Waals surface area contributed by atoms with E-state index in [-0.39, 0.29) is 17.2 Å². The van der Waals surface area contributed by atoms with Gasteiger partial charge in [0, 0.05) is 5.56 Å². The van der Waals surface area contributed by atoms with Crippen molar-refractivity contribution in [3.8, 4) is 5.75 Å². The van der Waals surface area contributed by atoms with Crippen LogP contribution in [0.2, 0.25) is 0 Å². The molecule has 1 aliphatic rings. The fraction of sp³-hybridized carbons (Fsp3) is 0.500. The zero-order chi connectivity index (χ0) is 13.3. The topological polar surface area (TPSA) is 38.3 Å². The molecular weight excluding hydrogens is 250 g/mol. The van der Waals surface area contributed by atoms with Gasteiger partial charge in [0.25, 0.3) is 0 Å². The van der Waals surface area contributed by atoms with Crippen LogP contribution in [-0.4, -0.2) is 23.4 Å². The lowest BCUT2D eigenvalue weighted by atomic mass is 9.96. The Hall–Kier alpha value is -1.22. The van der Waals surface area contributed by atoms with Crippen molar-refractivity contribution in [2.24, 2.45) is 0 Å². The van der Waals surface area contributed by atoms with Crippen LogP contribution in [0.3, 0.4) is 0 Å². The number of alkyl halides is 1. The molecule has 98 valence electrons. The molecule has 4 heteroatoms. The fourth-order valence-corrected chi connectivity index (χ4v) is 1.94. The number of carbonyl (C=O) groups excluding carboxylic acids is 1. The Morgan fingerprint density at radius 1 is 1.50 bits per heavy atom. The summed E-state index contributed by atoms with van der Waals surface area (Å²) in [6.07, 6.45) is 0. The summed E-state index contributed by atoms with van der Waals surface area (Å²) in [6, 6.07) is 7.65. The number of benzene rings is 1. The van der Waals surface area contributed by atoms with Crippen molar-refractivity contribution in [1.29, 1.82) is 0 Å². The maximum atomic E-state index is 12.3. The van der Waals surface area contributed by atoms with Crippen LogP contribution in [0.15, 0.2) is 24.3 Å². The quantitative estimate of drug-likeness (QED) is 0.855. The number of ether oxygens (including phenoxy) is 1. The fourth-order valence-electron chi connectivity index (χ4n) is 1.88. The van der Waals surface area contributed by atoms with Gasteiger partial charge in [-0.1, -0.05) is 18.2 Å². The van der Waals surface area contributed by atoms with E-state index in [1.165, 1.54) is 0 Å². The summed E-state index contributed by atoms with van der Waals surface area (Å²) in [7, 11) is 0. The molecule has 18 heavy (non-hydrogen) atoms. The van der Waals surface area contributed by atoms with Gasteiger partial charge in [0.1, 0.15) is 18.3 Å². The second-order valence-corrected chi connectivity index (χ2v) is 5.88. The minimum Gasteiger partial charge on any atom is -0.492 e. The van der Waals surface area contributed by atoms with Crippen LogP contribution < -0.4 is 10.1 Å². The minimum atomic E-state index is -0.434. The molecule has 1 aromatic carbocycles. The van der Waals surface area contributed by atoms with E-state index in [1.807, 2.05) is 45.0 Å². The summed E-state index contributed by atoms with van der Waals surface area (Å²) < 4.78 is 5.51. The summed E-state index contributed by atoms with van der Waals surface area (Å²) in [6.45, 7) is 6.12. The van der Waals surface area contributed by atoms with Crippen LogP contribution >= 0.6 is 11.6 Å². The third-order valence-electron chi connectivity index (χ3n) is 3.46. The highest BCUT2D eigenvalue weighted by molar-refractivity contribution is 6.21. The molecule has 0 aromatic heterocycles. The predicted octanol–water partition coefficient (Wildman–Crippen LogP) is 2.68. The first-order valence-electron chi connectivity index (χ1n) is 6.09. The zero-order valence-electron chi connectivity index (χ0n) is 10.9. The van der Waals surface area contributed by atoms with Crippen molar-refractivity contribution >= 4 is 17.5 Å². The maximum Gasteiger partial charge on any atom is 0.231 e. The highest BCUT2D eigenvalue weighted by Gasteiger charge is 2.34. The highest BCUT2D eigenvalue weighted by atomic mass is 35.5. The Morgan fingerprint density at radius 2 is 2.17 bits per heavy atom.